The van der Waals surface area contributed by atoms with Crippen molar-refractivity contribution in [3.05, 3.63) is 59.2 Å². The highest BCUT2D eigenvalue weighted by Crippen LogP contribution is 2.25. The van der Waals surface area contributed by atoms with Crippen LogP contribution in [-0.2, 0) is 0 Å². The quantitative estimate of drug-likeness (QED) is 0.307. The largest absolute Gasteiger partial charge is 0.320 e. The van der Waals surface area contributed by atoms with Gasteiger partial charge in [-0.15, -0.1) is 0 Å². The zero-order valence-corrected chi connectivity index (χ0v) is 17.4. The molecule has 0 saturated carbocycles. The Labute approximate surface area is 156 Å². The van der Waals surface area contributed by atoms with Crippen LogP contribution in [0, 0.1) is 5.92 Å². The average molecular weight is 352 g/mol. The second-order valence-corrected chi connectivity index (χ2v) is 5.98. The van der Waals surface area contributed by atoms with Gasteiger partial charge in [0.25, 0.3) is 0 Å². The van der Waals surface area contributed by atoms with Crippen molar-refractivity contribution in [3.63, 3.8) is 0 Å². The van der Waals surface area contributed by atoms with Crippen molar-refractivity contribution in [2.24, 2.45) is 5.92 Å². The minimum Gasteiger partial charge on any atom is -0.320 e. The van der Waals surface area contributed by atoms with E-state index in [-0.39, 0.29) is 0 Å². The summed E-state index contributed by atoms with van der Waals surface area (Å²) < 4.78 is 0. The Bertz CT molecular complexity index is 427. The molecule has 0 rings (SSSR count). The maximum absolute atomic E-state index is 6.13. The number of hydrogen-bond donors (Lipinski definition) is 1. The summed E-state index contributed by atoms with van der Waals surface area (Å²) in [7, 11) is 2.00. The van der Waals surface area contributed by atoms with Gasteiger partial charge in [0, 0.05) is 5.03 Å². The van der Waals surface area contributed by atoms with Crippen LogP contribution < -0.4 is 5.32 Å². The zero-order chi connectivity index (χ0) is 18.8. The molecule has 0 heterocycles. The first-order chi connectivity index (χ1) is 11.6. The van der Waals surface area contributed by atoms with Crippen LogP contribution in [0.25, 0.3) is 0 Å². The highest BCUT2D eigenvalue weighted by molar-refractivity contribution is 6.31. The third kappa shape index (κ3) is 13.4. The Kier molecular flexibility index (Phi) is 19.2. The van der Waals surface area contributed by atoms with E-state index in [1.165, 1.54) is 24.0 Å². The molecule has 1 unspecified atom stereocenters. The van der Waals surface area contributed by atoms with Crippen molar-refractivity contribution in [3.8, 4) is 0 Å². The zero-order valence-electron chi connectivity index (χ0n) is 16.7. The summed E-state index contributed by atoms with van der Waals surface area (Å²) in [4.78, 5) is 0. The third-order valence-corrected chi connectivity index (χ3v) is 4.07. The van der Waals surface area contributed by atoms with Gasteiger partial charge in [-0.25, -0.2) is 0 Å². The van der Waals surface area contributed by atoms with Gasteiger partial charge in [0.05, 0.1) is 0 Å². The van der Waals surface area contributed by atoms with E-state index in [4.69, 9.17) is 11.6 Å². The molecule has 0 aliphatic rings. The van der Waals surface area contributed by atoms with E-state index >= 15 is 0 Å². The second-order valence-electron chi connectivity index (χ2n) is 5.54. The molecule has 0 amide bonds. The lowest BCUT2D eigenvalue weighted by molar-refractivity contribution is 0.527. The summed E-state index contributed by atoms with van der Waals surface area (Å²) >= 11 is 6.13. The fourth-order valence-corrected chi connectivity index (χ4v) is 2.55. The van der Waals surface area contributed by atoms with E-state index < -0.39 is 0 Å². The number of halogens is 1. The first kappa shape index (κ1) is 25.2. The van der Waals surface area contributed by atoms with Crippen LogP contribution in [0.2, 0.25) is 0 Å². The van der Waals surface area contributed by atoms with E-state index in [0.717, 1.165) is 24.4 Å². The molecule has 0 saturated heterocycles. The molecular formula is C22H38ClN. The van der Waals surface area contributed by atoms with Gasteiger partial charge in [0.2, 0.25) is 0 Å². The maximum atomic E-state index is 6.13. The van der Waals surface area contributed by atoms with Crippen molar-refractivity contribution < 1.29 is 0 Å². The molecular weight excluding hydrogens is 314 g/mol. The molecule has 0 bridgehead atoms. The van der Waals surface area contributed by atoms with Gasteiger partial charge in [-0.1, -0.05) is 80.5 Å². The van der Waals surface area contributed by atoms with E-state index in [9.17, 15) is 0 Å². The predicted molar refractivity (Wildman–Crippen MR) is 114 cm³/mol. The van der Waals surface area contributed by atoms with E-state index in [1.54, 1.807) is 0 Å². The van der Waals surface area contributed by atoms with Gasteiger partial charge in [0.15, 0.2) is 0 Å². The van der Waals surface area contributed by atoms with Gasteiger partial charge in [0.1, 0.15) is 0 Å². The van der Waals surface area contributed by atoms with Crippen LogP contribution in [0.15, 0.2) is 59.2 Å². The molecule has 0 aliphatic carbocycles. The predicted octanol–water partition coefficient (Wildman–Crippen LogP) is 7.19. The van der Waals surface area contributed by atoms with Crippen molar-refractivity contribution in [2.45, 2.75) is 60.3 Å². The topological polar surface area (TPSA) is 12.0 Å². The molecule has 0 aromatic rings. The van der Waals surface area contributed by atoms with Gasteiger partial charge >= 0.3 is 0 Å². The summed E-state index contributed by atoms with van der Waals surface area (Å²) in [5.41, 5.74) is 2.78. The highest BCUT2D eigenvalue weighted by atomic mass is 35.5. The van der Waals surface area contributed by atoms with Gasteiger partial charge in [-0.3, -0.25) is 0 Å². The molecule has 0 spiro atoms. The molecule has 24 heavy (non-hydrogen) atoms. The fraction of sp³-hybridized carbons (Fsp3) is 0.545. The Morgan fingerprint density at radius 1 is 1.21 bits per heavy atom. The Balaban J connectivity index is 0. The smallest absolute Gasteiger partial charge is 0.0362 e. The lowest BCUT2D eigenvalue weighted by Crippen LogP contribution is -2.11. The number of nitrogens with one attached hydrogen (secondary N) is 1. The second kappa shape index (κ2) is 18.3. The van der Waals surface area contributed by atoms with Crippen LogP contribution in [0.1, 0.15) is 60.3 Å². The fourth-order valence-electron chi connectivity index (χ4n) is 2.31. The minimum atomic E-state index is 0.560. The lowest BCUT2D eigenvalue weighted by atomic mass is 9.88. The third-order valence-electron chi connectivity index (χ3n) is 3.79. The first-order valence-corrected chi connectivity index (χ1v) is 9.57. The molecule has 0 aromatic carbocycles. The molecule has 0 aliphatic heterocycles. The van der Waals surface area contributed by atoms with Crippen molar-refractivity contribution in [1.82, 2.24) is 5.32 Å². The van der Waals surface area contributed by atoms with Crippen LogP contribution in [0.4, 0.5) is 0 Å². The monoisotopic (exact) mass is 351 g/mol. The Morgan fingerprint density at radius 2 is 1.88 bits per heavy atom. The highest BCUT2D eigenvalue weighted by Gasteiger charge is 2.10. The van der Waals surface area contributed by atoms with Crippen molar-refractivity contribution in [1.29, 1.82) is 0 Å². The molecule has 1 nitrogen and oxygen atoms in total. The standard InChI is InChI=1S/C20H32ClN.C2H6/c1-6-8-12-17(3)18(4)19(14-10-16-22-5)13-9-15-20(21)11-7-2;1-2/h6,8-9,11-12,15,19,22H,1,7,10,13-14,16H2,2-5H3;1-2H3/b12-8-,15-9-,18-17+,20-11+;. The average Bonchev–Trinajstić information content (AvgIpc) is 2.59. The molecule has 0 radical (unpaired) electrons. The van der Waals surface area contributed by atoms with E-state index in [0.29, 0.717) is 5.92 Å². The normalized spacial score (nSPS) is 14.4. The van der Waals surface area contributed by atoms with Gasteiger partial charge < -0.3 is 5.32 Å². The van der Waals surface area contributed by atoms with Crippen molar-refractivity contribution in [2.75, 3.05) is 13.6 Å². The molecule has 0 aromatic heterocycles. The summed E-state index contributed by atoms with van der Waals surface area (Å²) in [5, 5.41) is 4.06. The summed E-state index contributed by atoms with van der Waals surface area (Å²) in [6, 6.07) is 0. The molecule has 138 valence electrons. The van der Waals surface area contributed by atoms with E-state index in [1.807, 2.05) is 45.2 Å². The summed E-state index contributed by atoms with van der Waals surface area (Å²) in [6.07, 6.45) is 16.6. The number of rotatable bonds is 11. The van der Waals surface area contributed by atoms with Gasteiger partial charge in [-0.2, -0.15) is 0 Å². The summed E-state index contributed by atoms with van der Waals surface area (Å²) in [6.45, 7) is 15.3. The number of allylic oxidation sites excluding steroid dienone is 9. The van der Waals surface area contributed by atoms with Crippen LogP contribution in [-0.4, -0.2) is 13.6 Å². The van der Waals surface area contributed by atoms with Crippen LogP contribution in [0.3, 0.4) is 0 Å². The molecule has 1 N–H and O–H groups in total. The van der Waals surface area contributed by atoms with Gasteiger partial charge in [-0.05, 0) is 65.1 Å². The Hall–Kier alpha value is -1.05. The first-order valence-electron chi connectivity index (χ1n) is 9.20. The SMILES string of the molecule is C=C/C=C\C(C)=C(/C)C(C/C=C\C(Cl)=C/CC)CCCNC.CC. The minimum absolute atomic E-state index is 0.560. The van der Waals surface area contributed by atoms with Crippen molar-refractivity contribution >= 4 is 11.6 Å². The lowest BCUT2D eigenvalue weighted by Gasteiger charge is -2.18. The molecule has 1 atom stereocenters. The summed E-state index contributed by atoms with van der Waals surface area (Å²) in [5.74, 6) is 0.560. The Morgan fingerprint density at radius 3 is 2.42 bits per heavy atom. The van der Waals surface area contributed by atoms with E-state index in [2.05, 4.69) is 44.8 Å². The number of hydrogen-bond acceptors (Lipinski definition) is 1. The van der Waals surface area contributed by atoms with Crippen LogP contribution >= 0.6 is 11.6 Å². The maximum Gasteiger partial charge on any atom is 0.0362 e. The molecule has 0 fully saturated rings. The van der Waals surface area contributed by atoms with Crippen LogP contribution in [0.5, 0.6) is 0 Å². The molecule has 2 heteroatoms.